The molecule has 0 radical (unpaired) electrons. The van der Waals surface area contributed by atoms with Crippen LogP contribution in [0.1, 0.15) is 43.6 Å². The van der Waals surface area contributed by atoms with Crippen LogP contribution >= 0.6 is 11.6 Å². The van der Waals surface area contributed by atoms with Crippen LogP contribution in [0, 0.1) is 6.92 Å². The number of rotatable bonds is 5. The molecule has 2 aromatic heterocycles. The topological polar surface area (TPSA) is 41.9 Å². The molecule has 0 saturated carbocycles. The highest BCUT2D eigenvalue weighted by molar-refractivity contribution is 6.30. The summed E-state index contributed by atoms with van der Waals surface area (Å²) in [5.41, 5.74) is 2.13. The lowest BCUT2D eigenvalue weighted by Gasteiger charge is -2.25. The van der Waals surface area contributed by atoms with E-state index in [1.165, 1.54) is 5.56 Å². The van der Waals surface area contributed by atoms with E-state index in [0.29, 0.717) is 5.15 Å². The van der Waals surface area contributed by atoms with Crippen LogP contribution in [-0.2, 0) is 6.54 Å². The maximum Gasteiger partial charge on any atom is 0.137 e. The molecule has 0 aliphatic rings. The Hall–Kier alpha value is -1.68. The van der Waals surface area contributed by atoms with Crippen LogP contribution in [-0.4, -0.2) is 21.5 Å². The van der Waals surface area contributed by atoms with Gasteiger partial charge in [-0.05, 0) is 31.5 Å². The van der Waals surface area contributed by atoms with Crippen LogP contribution < -0.4 is 4.90 Å². The van der Waals surface area contributed by atoms with Gasteiger partial charge in [-0.25, -0.2) is 9.97 Å². The first-order chi connectivity index (χ1) is 10.0. The lowest BCUT2D eigenvalue weighted by atomic mass is 10.2. The summed E-state index contributed by atoms with van der Waals surface area (Å²) in [5, 5.41) is 0.539. The summed E-state index contributed by atoms with van der Waals surface area (Å²) in [7, 11) is 0. The molecular weight excluding hydrogens is 284 g/mol. The van der Waals surface area contributed by atoms with Gasteiger partial charge in [0.1, 0.15) is 16.8 Å². The molecule has 0 N–H and O–H groups in total. The Bertz CT molecular complexity index is 599. The largest absolute Gasteiger partial charge is 0.352 e. The SMILES string of the molecule is CCN(Cc1ccncc1)c1nc(C(C)C)nc(Cl)c1C. The van der Waals surface area contributed by atoms with Crippen molar-refractivity contribution in [2.24, 2.45) is 0 Å². The fraction of sp³-hybridized carbons (Fsp3) is 0.438. The second-order valence-corrected chi connectivity index (χ2v) is 5.70. The minimum absolute atomic E-state index is 0.251. The van der Waals surface area contributed by atoms with Gasteiger partial charge in [0.05, 0.1) is 0 Å². The van der Waals surface area contributed by atoms with Crippen LogP contribution in [0.15, 0.2) is 24.5 Å². The highest BCUT2D eigenvalue weighted by atomic mass is 35.5. The van der Waals surface area contributed by atoms with Crippen LogP contribution in [0.3, 0.4) is 0 Å². The summed E-state index contributed by atoms with van der Waals surface area (Å²) in [5.74, 6) is 1.95. The molecule has 0 fully saturated rings. The Morgan fingerprint density at radius 3 is 2.43 bits per heavy atom. The number of anilines is 1. The van der Waals surface area contributed by atoms with Gasteiger partial charge in [0.25, 0.3) is 0 Å². The molecule has 112 valence electrons. The van der Waals surface area contributed by atoms with E-state index in [9.17, 15) is 0 Å². The number of hydrogen-bond acceptors (Lipinski definition) is 4. The second-order valence-electron chi connectivity index (χ2n) is 5.35. The van der Waals surface area contributed by atoms with Crippen LogP contribution in [0.5, 0.6) is 0 Å². The molecule has 2 rings (SSSR count). The summed E-state index contributed by atoms with van der Waals surface area (Å²) >= 11 is 6.28. The number of nitrogens with zero attached hydrogens (tertiary/aromatic N) is 4. The highest BCUT2D eigenvalue weighted by Gasteiger charge is 2.16. The van der Waals surface area contributed by atoms with Crippen molar-refractivity contribution in [1.82, 2.24) is 15.0 Å². The zero-order valence-electron chi connectivity index (χ0n) is 13.0. The van der Waals surface area contributed by atoms with Crippen LogP contribution in [0.4, 0.5) is 5.82 Å². The normalized spacial score (nSPS) is 11.0. The zero-order valence-corrected chi connectivity index (χ0v) is 13.7. The third-order valence-electron chi connectivity index (χ3n) is 3.40. The minimum Gasteiger partial charge on any atom is -0.352 e. The Kier molecular flexibility index (Phi) is 5.12. The Morgan fingerprint density at radius 1 is 1.19 bits per heavy atom. The van der Waals surface area contributed by atoms with Crippen LogP contribution in [0.2, 0.25) is 5.15 Å². The van der Waals surface area contributed by atoms with E-state index < -0.39 is 0 Å². The molecule has 0 spiro atoms. The third-order valence-corrected chi connectivity index (χ3v) is 3.77. The number of halogens is 1. The molecule has 0 amide bonds. The van der Waals surface area contributed by atoms with Gasteiger partial charge in [-0.2, -0.15) is 0 Å². The van der Waals surface area contributed by atoms with Crippen molar-refractivity contribution in [2.75, 3.05) is 11.4 Å². The van der Waals surface area contributed by atoms with Crippen molar-refractivity contribution in [2.45, 2.75) is 40.2 Å². The minimum atomic E-state index is 0.251. The molecule has 0 saturated heterocycles. The average molecular weight is 305 g/mol. The maximum atomic E-state index is 6.28. The van der Waals surface area contributed by atoms with E-state index in [0.717, 1.165) is 30.3 Å². The van der Waals surface area contributed by atoms with E-state index in [4.69, 9.17) is 16.6 Å². The summed E-state index contributed by atoms with van der Waals surface area (Å²) in [4.78, 5) is 15.4. The van der Waals surface area contributed by atoms with Gasteiger partial charge in [0.15, 0.2) is 0 Å². The van der Waals surface area contributed by atoms with E-state index in [2.05, 4.69) is 35.6 Å². The van der Waals surface area contributed by atoms with Gasteiger partial charge < -0.3 is 4.90 Å². The first kappa shape index (κ1) is 15.7. The van der Waals surface area contributed by atoms with E-state index in [1.54, 1.807) is 0 Å². The van der Waals surface area contributed by atoms with E-state index >= 15 is 0 Å². The molecule has 0 bridgehead atoms. The smallest absolute Gasteiger partial charge is 0.137 e. The molecule has 21 heavy (non-hydrogen) atoms. The fourth-order valence-electron chi connectivity index (χ4n) is 2.11. The van der Waals surface area contributed by atoms with Gasteiger partial charge in [0.2, 0.25) is 0 Å². The number of aromatic nitrogens is 3. The standard InChI is InChI=1S/C16H21ClN4/c1-5-21(10-13-6-8-18-9-7-13)16-12(4)14(17)19-15(20-16)11(2)3/h6-9,11H,5,10H2,1-4H3. The molecule has 2 heterocycles. The van der Waals surface area contributed by atoms with Crippen LogP contribution in [0.25, 0.3) is 0 Å². The molecule has 0 aliphatic carbocycles. The lowest BCUT2D eigenvalue weighted by Crippen LogP contribution is -2.25. The Balaban J connectivity index is 2.37. The average Bonchev–Trinajstić information content (AvgIpc) is 2.48. The Labute approximate surface area is 131 Å². The van der Waals surface area contributed by atoms with Crippen molar-refractivity contribution < 1.29 is 0 Å². The van der Waals surface area contributed by atoms with Gasteiger partial charge in [-0.3, -0.25) is 4.98 Å². The highest BCUT2D eigenvalue weighted by Crippen LogP contribution is 2.26. The summed E-state index contributed by atoms with van der Waals surface area (Å²) < 4.78 is 0. The summed E-state index contributed by atoms with van der Waals surface area (Å²) in [6.07, 6.45) is 3.62. The number of pyridine rings is 1. The molecule has 4 nitrogen and oxygen atoms in total. The first-order valence-electron chi connectivity index (χ1n) is 7.20. The van der Waals surface area contributed by atoms with Crippen molar-refractivity contribution in [3.8, 4) is 0 Å². The molecule has 5 heteroatoms. The molecule has 0 aliphatic heterocycles. The van der Waals surface area contributed by atoms with Crippen molar-refractivity contribution in [3.63, 3.8) is 0 Å². The Morgan fingerprint density at radius 2 is 1.86 bits per heavy atom. The van der Waals surface area contributed by atoms with E-state index in [1.807, 2.05) is 31.5 Å². The quantitative estimate of drug-likeness (QED) is 0.783. The molecule has 2 aromatic rings. The predicted molar refractivity (Wildman–Crippen MR) is 86.8 cm³/mol. The van der Waals surface area contributed by atoms with Crippen molar-refractivity contribution in [3.05, 3.63) is 46.6 Å². The van der Waals surface area contributed by atoms with Gasteiger partial charge in [0, 0.05) is 37.0 Å². The van der Waals surface area contributed by atoms with Gasteiger partial charge >= 0.3 is 0 Å². The fourth-order valence-corrected chi connectivity index (χ4v) is 2.28. The predicted octanol–water partition coefficient (Wildman–Crippen LogP) is 3.98. The summed E-state index contributed by atoms with van der Waals surface area (Å²) in [6, 6.07) is 4.04. The first-order valence-corrected chi connectivity index (χ1v) is 7.58. The molecule has 0 unspecified atom stereocenters. The maximum absolute atomic E-state index is 6.28. The van der Waals surface area contributed by atoms with Gasteiger partial charge in [-0.1, -0.05) is 25.4 Å². The molecular formula is C16H21ClN4. The molecule has 0 atom stereocenters. The van der Waals surface area contributed by atoms with E-state index in [-0.39, 0.29) is 5.92 Å². The third kappa shape index (κ3) is 3.70. The number of hydrogen-bond donors (Lipinski definition) is 0. The summed E-state index contributed by atoms with van der Waals surface area (Å²) in [6.45, 7) is 9.87. The van der Waals surface area contributed by atoms with Crippen molar-refractivity contribution in [1.29, 1.82) is 0 Å². The van der Waals surface area contributed by atoms with Crippen molar-refractivity contribution >= 4 is 17.4 Å². The monoisotopic (exact) mass is 304 g/mol. The second kappa shape index (κ2) is 6.85. The molecule has 0 aromatic carbocycles. The lowest BCUT2D eigenvalue weighted by molar-refractivity contribution is 0.743. The van der Waals surface area contributed by atoms with Gasteiger partial charge in [-0.15, -0.1) is 0 Å². The zero-order chi connectivity index (χ0) is 15.4.